The molecule has 14 atom stereocenters. The van der Waals surface area contributed by atoms with Gasteiger partial charge in [-0.1, -0.05) is 57.1 Å². The number of thiazole rings is 1. The first-order valence-corrected chi connectivity index (χ1v) is 21.2. The zero-order chi connectivity index (χ0) is 42.7. The van der Waals surface area contributed by atoms with Crippen LogP contribution in [0.15, 0.2) is 34.8 Å². The van der Waals surface area contributed by atoms with Gasteiger partial charge in [0.1, 0.15) is 46.9 Å². The highest BCUT2D eigenvalue weighted by Crippen LogP contribution is 2.41. The molecule has 16 heteroatoms. The third-order valence-corrected chi connectivity index (χ3v) is 13.1. The summed E-state index contributed by atoms with van der Waals surface area (Å²) in [6.45, 7) is 13.5. The monoisotopic (exact) mass is 832 g/mol. The minimum Gasteiger partial charge on any atom is -0.459 e. The lowest BCUT2D eigenvalue weighted by atomic mass is 9.73. The molecule has 0 spiro atoms. The average Bonchev–Trinajstić information content (AvgIpc) is 3.62. The molecule has 58 heavy (non-hydrogen) atoms. The highest BCUT2D eigenvalue weighted by Gasteiger charge is 2.53. The summed E-state index contributed by atoms with van der Waals surface area (Å²) in [4.78, 5) is 40.3. The quantitative estimate of drug-likeness (QED) is 0.167. The van der Waals surface area contributed by atoms with Gasteiger partial charge >= 0.3 is 5.97 Å². The third kappa shape index (κ3) is 10.3. The van der Waals surface area contributed by atoms with Crippen molar-refractivity contribution in [3.05, 3.63) is 35.2 Å². The number of fused-ring (bicyclic) bond motifs is 5. The number of hydrogen-bond acceptors (Lipinski definition) is 16. The molecular formula is C42H64N4O11S. The van der Waals surface area contributed by atoms with E-state index in [0.717, 1.165) is 16.1 Å². The number of aliphatic hydroxyl groups excluding tert-OH is 2. The van der Waals surface area contributed by atoms with Gasteiger partial charge < -0.3 is 54.5 Å². The van der Waals surface area contributed by atoms with Gasteiger partial charge in [0.25, 0.3) is 0 Å². The predicted molar refractivity (Wildman–Crippen MR) is 219 cm³/mol. The number of hydrogen-bond donors (Lipinski definition) is 4. The zero-order valence-corrected chi connectivity index (χ0v) is 36.3. The van der Waals surface area contributed by atoms with Crippen LogP contribution in [0.5, 0.6) is 0 Å². The van der Waals surface area contributed by atoms with Gasteiger partial charge in [0.15, 0.2) is 12.1 Å². The lowest BCUT2D eigenvalue weighted by molar-refractivity contribution is -0.297. The van der Waals surface area contributed by atoms with Crippen molar-refractivity contribution >= 4 is 34.6 Å². The Bertz CT molecular complexity index is 1720. The van der Waals surface area contributed by atoms with Crippen LogP contribution in [0.1, 0.15) is 80.2 Å². The number of ether oxygens (including phenoxy) is 5. The molecule has 5 N–H and O–H groups in total. The van der Waals surface area contributed by atoms with Crippen molar-refractivity contribution in [3.8, 4) is 10.6 Å². The summed E-state index contributed by atoms with van der Waals surface area (Å²) in [5.74, 6) is -4.27. The number of anilines is 1. The first kappa shape index (κ1) is 46.0. The number of nitrogen functional groups attached to an aromatic ring is 1. The topological polar surface area (TPSA) is 205 Å². The van der Waals surface area contributed by atoms with Gasteiger partial charge in [-0.05, 0) is 72.5 Å². The average molecular weight is 833 g/mol. The molecular weight excluding hydrogens is 769 g/mol. The molecule has 1 aromatic heterocycles. The van der Waals surface area contributed by atoms with E-state index in [4.69, 9.17) is 34.3 Å². The Hall–Kier alpha value is -3.06. The second-order valence-electron chi connectivity index (χ2n) is 17.2. The van der Waals surface area contributed by atoms with Crippen molar-refractivity contribution in [2.75, 3.05) is 33.0 Å². The highest BCUT2D eigenvalue weighted by atomic mass is 32.1. The SMILES string of the molecule is CC[C@H]1OC(=O)[C@H](C)C(=O)[C@H](C)[C@@H](O[C@H]2O[C@H](C)C[C@H](N(C)C)[C@H]2O)[C@@]2(C)C[C@@H](C)[C@H](O)[C@H](C)C(OC/C(=N\OCc3ccc(-c4nc(N)cs4)cc3)CO2)[C@]1(C)O. The number of aliphatic hydroxyl groups is 3. The van der Waals surface area contributed by atoms with E-state index in [0.29, 0.717) is 18.0 Å². The number of carbonyl (C=O) groups excluding carboxylic acids is 2. The summed E-state index contributed by atoms with van der Waals surface area (Å²) in [5, 5.41) is 42.9. The number of nitrogens with two attached hydrogens (primary N) is 1. The normalized spacial score (nSPS) is 39.1. The Balaban J connectivity index is 1.56. The lowest BCUT2D eigenvalue weighted by Crippen LogP contribution is -2.60. The highest BCUT2D eigenvalue weighted by molar-refractivity contribution is 7.13. The molecule has 3 aliphatic rings. The summed E-state index contributed by atoms with van der Waals surface area (Å²) in [7, 11) is 3.74. The van der Waals surface area contributed by atoms with E-state index in [1.54, 1.807) is 33.1 Å². The van der Waals surface area contributed by atoms with Gasteiger partial charge in [-0.15, -0.1) is 11.3 Å². The van der Waals surface area contributed by atoms with E-state index in [-0.39, 0.29) is 44.8 Å². The van der Waals surface area contributed by atoms with E-state index in [1.165, 1.54) is 25.2 Å². The number of esters is 1. The summed E-state index contributed by atoms with van der Waals surface area (Å²) in [6, 6.07) is 7.37. The van der Waals surface area contributed by atoms with Crippen molar-refractivity contribution < 1.29 is 53.4 Å². The Labute approximate surface area is 346 Å². The summed E-state index contributed by atoms with van der Waals surface area (Å²) in [6.07, 6.45) is -5.95. The number of rotatable bonds is 8. The van der Waals surface area contributed by atoms with E-state index in [1.807, 2.05) is 57.1 Å². The number of ketones is 1. The fourth-order valence-corrected chi connectivity index (χ4v) is 9.46. The third-order valence-electron chi connectivity index (χ3n) is 12.2. The maximum atomic E-state index is 14.4. The molecule has 1 unspecified atom stereocenters. The second-order valence-corrected chi connectivity index (χ2v) is 18.0. The Morgan fingerprint density at radius 3 is 2.36 bits per heavy atom. The first-order chi connectivity index (χ1) is 27.3. The van der Waals surface area contributed by atoms with Gasteiger partial charge in [0.05, 0.1) is 43.2 Å². The first-order valence-electron chi connectivity index (χ1n) is 20.3. The minimum atomic E-state index is -1.81. The van der Waals surface area contributed by atoms with Gasteiger partial charge in [0, 0.05) is 28.8 Å². The molecule has 3 fully saturated rings. The van der Waals surface area contributed by atoms with E-state index < -0.39 is 83.4 Å². The van der Waals surface area contributed by atoms with Crippen LogP contribution in [0.2, 0.25) is 0 Å². The standard InChI is InChI=1S/C42H64N4O11S/c1-11-31-42(8,51)37-24(4)33(47)22(2)17-41(7,53-20-29(19-52-37)45-54-18-27-12-14-28(15-13-27)38-44-32(43)21-58-38)36(25(5)34(48)26(6)39(50)56-31)57-40-35(49)30(46(9)10)16-23(3)55-40/h12-15,21-26,30-31,33,35-37,40,47,49,51H,11,16-20,43H2,1-10H3/b45-29+/t22-,23-,24+,25+,26-,30+,31-,33+,35-,36-,37?,40-,41-,42-/m1/s1. The van der Waals surface area contributed by atoms with Crippen LogP contribution in [-0.2, 0) is 44.7 Å². The smallest absolute Gasteiger partial charge is 0.316 e. The molecule has 5 rings (SSSR count). The summed E-state index contributed by atoms with van der Waals surface area (Å²) < 4.78 is 32.2. The van der Waals surface area contributed by atoms with Crippen molar-refractivity contribution in [2.24, 2.45) is 28.8 Å². The van der Waals surface area contributed by atoms with E-state index >= 15 is 0 Å². The molecule has 4 heterocycles. The number of oxime groups is 1. The van der Waals surface area contributed by atoms with Crippen molar-refractivity contribution in [1.82, 2.24) is 9.88 Å². The molecule has 0 radical (unpaired) electrons. The van der Waals surface area contributed by atoms with Crippen molar-refractivity contribution in [1.29, 1.82) is 0 Å². The molecule has 3 aliphatic heterocycles. The van der Waals surface area contributed by atoms with Crippen LogP contribution < -0.4 is 5.73 Å². The van der Waals surface area contributed by atoms with Gasteiger partial charge in [-0.25, -0.2) is 4.98 Å². The fourth-order valence-electron chi connectivity index (χ4n) is 8.75. The van der Waals surface area contributed by atoms with Crippen molar-refractivity contribution in [2.45, 2.75) is 141 Å². The van der Waals surface area contributed by atoms with Gasteiger partial charge in [-0.2, -0.15) is 0 Å². The summed E-state index contributed by atoms with van der Waals surface area (Å²) in [5.41, 5.74) is 4.72. The van der Waals surface area contributed by atoms with E-state index in [2.05, 4.69) is 10.1 Å². The summed E-state index contributed by atoms with van der Waals surface area (Å²) >= 11 is 1.46. The molecule has 324 valence electrons. The van der Waals surface area contributed by atoms with Crippen LogP contribution in [0.3, 0.4) is 0 Å². The van der Waals surface area contributed by atoms with Crippen LogP contribution in [0.25, 0.3) is 10.6 Å². The fraction of sp³-hybridized carbons (Fsp3) is 0.714. The Kier molecular flexibility index (Phi) is 15.2. The molecule has 2 bridgehead atoms. The van der Waals surface area contributed by atoms with Crippen LogP contribution in [0.4, 0.5) is 5.82 Å². The van der Waals surface area contributed by atoms with Crippen LogP contribution in [-0.4, -0.2) is 130 Å². The number of benzene rings is 1. The van der Waals surface area contributed by atoms with E-state index in [9.17, 15) is 24.9 Å². The van der Waals surface area contributed by atoms with Crippen LogP contribution in [0, 0.1) is 23.7 Å². The molecule has 1 aromatic carbocycles. The Morgan fingerprint density at radius 2 is 1.74 bits per heavy atom. The van der Waals surface area contributed by atoms with Gasteiger partial charge in [0.2, 0.25) is 0 Å². The lowest BCUT2D eigenvalue weighted by Gasteiger charge is -2.48. The number of Topliss-reactive ketones (excluding diaryl/α,β-unsaturated/α-hetero) is 1. The molecule has 2 aromatic rings. The van der Waals surface area contributed by atoms with Gasteiger partial charge in [-0.3, -0.25) is 9.59 Å². The number of nitrogens with zero attached hydrogens (tertiary/aromatic N) is 3. The minimum absolute atomic E-state index is 0.111. The molecule has 0 aliphatic carbocycles. The molecule has 0 amide bonds. The van der Waals surface area contributed by atoms with Crippen LogP contribution >= 0.6 is 11.3 Å². The number of cyclic esters (lactones) is 1. The number of likely N-dealkylation sites (N-methyl/N-ethyl adjacent to an activating group) is 1. The molecule has 3 saturated heterocycles. The van der Waals surface area contributed by atoms with Crippen molar-refractivity contribution in [3.63, 3.8) is 0 Å². The molecule has 15 nitrogen and oxygen atoms in total. The maximum absolute atomic E-state index is 14.4. The largest absolute Gasteiger partial charge is 0.459 e. The maximum Gasteiger partial charge on any atom is 0.316 e. The second kappa shape index (κ2) is 19.1. The number of aromatic nitrogens is 1. The number of carbonyl (C=O) groups is 2. The Morgan fingerprint density at radius 1 is 1.05 bits per heavy atom. The predicted octanol–water partition coefficient (Wildman–Crippen LogP) is 4.20. The zero-order valence-electron chi connectivity index (χ0n) is 35.5. The molecule has 0 saturated carbocycles.